The number of benzene rings is 2. The molecule has 35 heavy (non-hydrogen) atoms. The van der Waals surface area contributed by atoms with E-state index in [2.05, 4.69) is 10.3 Å². The van der Waals surface area contributed by atoms with Crippen molar-refractivity contribution in [2.24, 2.45) is 0 Å². The molecule has 3 rings (SSSR count). The standard InChI is InChI=1S/C23H19F6N3O3/c1-13-16(10-11-33)21(35)32(20(30-13)14-6-8-15(9-7-14)22(24,25)26)12-19(34)31-18-5-3-2-4-17(18)23(27,28)29/h2-9,33H,10-12H2,1H3,(H,31,34). The number of carbonyl (C=O) groups is 1. The van der Waals surface area contributed by atoms with Gasteiger partial charge >= 0.3 is 12.4 Å². The molecule has 0 fully saturated rings. The maximum Gasteiger partial charge on any atom is 0.418 e. The molecule has 0 atom stereocenters. The Morgan fingerprint density at radius 3 is 2.20 bits per heavy atom. The van der Waals surface area contributed by atoms with Gasteiger partial charge in [-0.25, -0.2) is 4.98 Å². The summed E-state index contributed by atoms with van der Waals surface area (Å²) in [6.07, 6.45) is -9.45. The van der Waals surface area contributed by atoms with Gasteiger partial charge in [0, 0.05) is 29.8 Å². The smallest absolute Gasteiger partial charge is 0.396 e. The molecule has 0 aliphatic rings. The molecule has 0 aliphatic heterocycles. The summed E-state index contributed by atoms with van der Waals surface area (Å²) < 4.78 is 79.4. The predicted molar refractivity (Wildman–Crippen MR) is 115 cm³/mol. The monoisotopic (exact) mass is 499 g/mol. The van der Waals surface area contributed by atoms with Gasteiger partial charge < -0.3 is 10.4 Å². The topological polar surface area (TPSA) is 84.2 Å². The van der Waals surface area contributed by atoms with Crippen LogP contribution in [-0.4, -0.2) is 27.2 Å². The van der Waals surface area contributed by atoms with Crippen LogP contribution in [0.5, 0.6) is 0 Å². The molecule has 1 amide bonds. The van der Waals surface area contributed by atoms with E-state index in [1.807, 2.05) is 0 Å². The molecule has 3 aromatic rings. The summed E-state index contributed by atoms with van der Waals surface area (Å²) in [6.45, 7) is 0.277. The molecule has 0 bridgehead atoms. The first kappa shape index (κ1) is 25.9. The number of aliphatic hydroxyl groups excluding tert-OH is 1. The highest BCUT2D eigenvalue weighted by Crippen LogP contribution is 2.34. The number of hydrogen-bond acceptors (Lipinski definition) is 4. The molecule has 0 spiro atoms. The normalized spacial score (nSPS) is 12.0. The second-order valence-corrected chi connectivity index (χ2v) is 7.53. The Morgan fingerprint density at radius 2 is 1.63 bits per heavy atom. The van der Waals surface area contributed by atoms with Crippen molar-refractivity contribution in [3.63, 3.8) is 0 Å². The van der Waals surface area contributed by atoms with Crippen molar-refractivity contribution in [3.8, 4) is 11.4 Å². The summed E-state index contributed by atoms with van der Waals surface area (Å²) in [5, 5.41) is 11.4. The average molecular weight is 499 g/mol. The molecule has 1 aromatic heterocycles. The summed E-state index contributed by atoms with van der Waals surface area (Å²) in [5.41, 5.74) is -2.97. The molecule has 6 nitrogen and oxygen atoms in total. The van der Waals surface area contributed by atoms with E-state index in [1.54, 1.807) is 0 Å². The molecule has 0 saturated carbocycles. The fourth-order valence-electron chi connectivity index (χ4n) is 3.45. The number of para-hydroxylation sites is 1. The van der Waals surface area contributed by atoms with Gasteiger partial charge in [-0.05, 0) is 31.2 Å². The second-order valence-electron chi connectivity index (χ2n) is 7.53. The van der Waals surface area contributed by atoms with E-state index in [9.17, 15) is 41.0 Å². The molecule has 0 saturated heterocycles. The Bertz CT molecular complexity index is 1280. The zero-order valence-corrected chi connectivity index (χ0v) is 18.2. The van der Waals surface area contributed by atoms with Crippen molar-refractivity contribution >= 4 is 11.6 Å². The lowest BCUT2D eigenvalue weighted by molar-refractivity contribution is -0.138. The summed E-state index contributed by atoms with van der Waals surface area (Å²) >= 11 is 0. The van der Waals surface area contributed by atoms with Crippen LogP contribution in [0.25, 0.3) is 11.4 Å². The summed E-state index contributed by atoms with van der Waals surface area (Å²) in [5.74, 6) is -1.14. The Kier molecular flexibility index (Phi) is 7.34. The molecule has 0 aliphatic carbocycles. The summed E-state index contributed by atoms with van der Waals surface area (Å²) in [4.78, 5) is 30.0. The first-order valence-electron chi connectivity index (χ1n) is 10.2. The minimum atomic E-state index is -4.74. The number of anilines is 1. The van der Waals surface area contributed by atoms with Crippen molar-refractivity contribution in [1.82, 2.24) is 9.55 Å². The number of alkyl halides is 6. The third-order valence-corrected chi connectivity index (χ3v) is 5.11. The molecular weight excluding hydrogens is 480 g/mol. The second kappa shape index (κ2) is 9.90. The predicted octanol–water partition coefficient (Wildman–Crippen LogP) is 4.43. The molecule has 0 unspecified atom stereocenters. The van der Waals surface area contributed by atoms with Crippen LogP contribution in [0.1, 0.15) is 22.4 Å². The third-order valence-electron chi connectivity index (χ3n) is 5.11. The fraction of sp³-hybridized carbons (Fsp3) is 0.261. The van der Waals surface area contributed by atoms with Crippen LogP contribution in [0.15, 0.2) is 53.3 Å². The quantitative estimate of drug-likeness (QED) is 0.492. The minimum absolute atomic E-state index is 0.0617. The van der Waals surface area contributed by atoms with Gasteiger partial charge in [-0.2, -0.15) is 26.3 Å². The van der Waals surface area contributed by atoms with E-state index in [0.29, 0.717) is 0 Å². The van der Waals surface area contributed by atoms with Crippen LogP contribution in [-0.2, 0) is 30.1 Å². The molecule has 0 radical (unpaired) electrons. The number of halogens is 6. The van der Waals surface area contributed by atoms with Crippen molar-refractivity contribution < 1.29 is 36.2 Å². The van der Waals surface area contributed by atoms with E-state index in [0.717, 1.165) is 47.0 Å². The Morgan fingerprint density at radius 1 is 1.00 bits per heavy atom. The van der Waals surface area contributed by atoms with Crippen LogP contribution >= 0.6 is 0 Å². The van der Waals surface area contributed by atoms with Crippen molar-refractivity contribution in [1.29, 1.82) is 0 Å². The van der Waals surface area contributed by atoms with Gasteiger partial charge in [0.1, 0.15) is 12.4 Å². The van der Waals surface area contributed by atoms with Crippen molar-refractivity contribution in [3.05, 3.63) is 81.3 Å². The third kappa shape index (κ3) is 5.88. The van der Waals surface area contributed by atoms with Gasteiger partial charge in [-0.15, -0.1) is 0 Å². The number of aliphatic hydroxyl groups is 1. The lowest BCUT2D eigenvalue weighted by atomic mass is 10.1. The maximum absolute atomic E-state index is 13.3. The largest absolute Gasteiger partial charge is 0.418 e. The van der Waals surface area contributed by atoms with Crippen LogP contribution in [0.4, 0.5) is 32.0 Å². The number of nitrogens with one attached hydrogen (secondary N) is 1. The van der Waals surface area contributed by atoms with Crippen molar-refractivity contribution in [2.75, 3.05) is 11.9 Å². The number of aryl methyl sites for hydroxylation is 1. The van der Waals surface area contributed by atoms with Crippen LogP contribution in [0.2, 0.25) is 0 Å². The number of carbonyl (C=O) groups excluding carboxylic acids is 1. The summed E-state index contributed by atoms with van der Waals surface area (Å²) in [6, 6.07) is 7.97. The Hall–Kier alpha value is -3.67. The molecule has 12 heteroatoms. The van der Waals surface area contributed by atoms with Crippen molar-refractivity contribution in [2.45, 2.75) is 32.2 Å². The zero-order chi connectivity index (χ0) is 26.0. The van der Waals surface area contributed by atoms with E-state index in [-0.39, 0.29) is 29.1 Å². The van der Waals surface area contributed by atoms with Crippen LogP contribution < -0.4 is 10.9 Å². The zero-order valence-electron chi connectivity index (χ0n) is 18.2. The highest BCUT2D eigenvalue weighted by molar-refractivity contribution is 5.91. The van der Waals surface area contributed by atoms with Gasteiger partial charge in [-0.3, -0.25) is 14.2 Å². The number of amides is 1. The number of hydrogen-bond donors (Lipinski definition) is 2. The highest BCUT2D eigenvalue weighted by Gasteiger charge is 2.34. The van der Waals surface area contributed by atoms with Gasteiger partial charge in [0.2, 0.25) is 5.91 Å². The molecule has 1 heterocycles. The highest BCUT2D eigenvalue weighted by atomic mass is 19.4. The van der Waals surface area contributed by atoms with Gasteiger partial charge in [0.15, 0.2) is 0 Å². The lowest BCUT2D eigenvalue weighted by Crippen LogP contribution is -2.33. The van der Waals surface area contributed by atoms with Crippen LogP contribution in [0, 0.1) is 6.92 Å². The molecular formula is C23H19F6N3O3. The first-order chi connectivity index (χ1) is 16.3. The number of nitrogens with zero attached hydrogens (tertiary/aromatic N) is 2. The van der Waals surface area contributed by atoms with Gasteiger partial charge in [0.05, 0.1) is 16.8 Å². The minimum Gasteiger partial charge on any atom is -0.396 e. The Balaban J connectivity index is 2.04. The van der Waals surface area contributed by atoms with Gasteiger partial charge in [-0.1, -0.05) is 24.3 Å². The molecule has 2 N–H and O–H groups in total. The first-order valence-corrected chi connectivity index (χ1v) is 10.2. The maximum atomic E-state index is 13.3. The van der Waals surface area contributed by atoms with E-state index < -0.39 is 53.8 Å². The number of aromatic nitrogens is 2. The average Bonchev–Trinajstić information content (AvgIpc) is 2.77. The van der Waals surface area contributed by atoms with Crippen LogP contribution in [0.3, 0.4) is 0 Å². The molecule has 186 valence electrons. The van der Waals surface area contributed by atoms with E-state index in [1.165, 1.54) is 13.0 Å². The SMILES string of the molecule is Cc1nc(-c2ccc(C(F)(F)F)cc2)n(CC(=O)Nc2ccccc2C(F)(F)F)c(=O)c1CCO. The Labute approximate surface area is 194 Å². The van der Waals surface area contributed by atoms with Gasteiger partial charge in [0.25, 0.3) is 5.56 Å². The van der Waals surface area contributed by atoms with E-state index >= 15 is 0 Å². The van der Waals surface area contributed by atoms with E-state index in [4.69, 9.17) is 0 Å². The fourth-order valence-corrected chi connectivity index (χ4v) is 3.45. The molecule has 2 aromatic carbocycles. The lowest BCUT2D eigenvalue weighted by Gasteiger charge is -2.17. The summed E-state index contributed by atoms with van der Waals surface area (Å²) in [7, 11) is 0. The number of rotatable bonds is 6.